The van der Waals surface area contributed by atoms with Crippen LogP contribution in [0.5, 0.6) is 0 Å². The first-order valence-corrected chi connectivity index (χ1v) is 11.6. The summed E-state index contributed by atoms with van der Waals surface area (Å²) in [5, 5.41) is 1.99. The molecule has 0 saturated carbocycles. The zero-order valence-electron chi connectivity index (χ0n) is 16.5. The number of hydrogen-bond donors (Lipinski definition) is 0. The SMILES string of the molecule is Cl.O=C(c1cc(Cl)ccc1Cl)N(CCCN1CCOCC1)c1nc2c(Cl)cccc2s1. The maximum Gasteiger partial charge on any atom is 0.261 e. The third-order valence-corrected chi connectivity index (χ3v) is 6.87. The Morgan fingerprint density at radius 2 is 1.90 bits per heavy atom. The zero-order valence-corrected chi connectivity index (χ0v) is 20.4. The van der Waals surface area contributed by atoms with E-state index in [1.807, 2.05) is 12.1 Å². The molecule has 31 heavy (non-hydrogen) atoms. The van der Waals surface area contributed by atoms with Crippen LogP contribution in [0.15, 0.2) is 36.4 Å². The summed E-state index contributed by atoms with van der Waals surface area (Å²) in [7, 11) is 0. The number of aromatic nitrogens is 1. The van der Waals surface area contributed by atoms with Gasteiger partial charge in [0.25, 0.3) is 5.91 Å². The van der Waals surface area contributed by atoms with Gasteiger partial charge in [0, 0.05) is 31.2 Å². The fourth-order valence-electron chi connectivity index (χ4n) is 3.39. The van der Waals surface area contributed by atoms with Gasteiger partial charge in [0.15, 0.2) is 5.13 Å². The standard InChI is InChI=1S/C21H20Cl3N3O2S.ClH/c22-14-5-6-16(23)15(13-14)20(28)27(8-2-7-26-9-11-29-12-10-26)21-25-19-17(24)3-1-4-18(19)30-21;/h1,3-6,13H,2,7-12H2;1H. The molecule has 0 spiro atoms. The number of thiazole rings is 1. The summed E-state index contributed by atoms with van der Waals surface area (Å²) in [5.74, 6) is -0.223. The highest BCUT2D eigenvalue weighted by molar-refractivity contribution is 7.22. The van der Waals surface area contributed by atoms with E-state index in [2.05, 4.69) is 9.88 Å². The molecule has 1 fully saturated rings. The summed E-state index contributed by atoms with van der Waals surface area (Å²) < 4.78 is 6.34. The molecular weight excluding hydrogens is 500 g/mol. The molecule has 0 unspecified atom stereocenters. The number of rotatable bonds is 6. The number of morpholine rings is 1. The number of ether oxygens (including phenoxy) is 1. The summed E-state index contributed by atoms with van der Waals surface area (Å²) in [5.41, 5.74) is 1.06. The van der Waals surface area contributed by atoms with Crippen LogP contribution >= 0.6 is 58.5 Å². The van der Waals surface area contributed by atoms with E-state index in [1.165, 1.54) is 11.3 Å². The minimum absolute atomic E-state index is 0. The number of anilines is 1. The van der Waals surface area contributed by atoms with Gasteiger partial charge in [0.05, 0.1) is 33.5 Å². The van der Waals surface area contributed by atoms with E-state index in [0.29, 0.717) is 37.8 Å². The van der Waals surface area contributed by atoms with E-state index >= 15 is 0 Å². The second-order valence-electron chi connectivity index (χ2n) is 6.97. The molecule has 0 bridgehead atoms. The molecule has 1 amide bonds. The Morgan fingerprint density at radius 3 is 2.65 bits per heavy atom. The number of halogens is 4. The van der Waals surface area contributed by atoms with Gasteiger partial charge < -0.3 is 4.74 Å². The van der Waals surface area contributed by atoms with Crippen LogP contribution in [-0.4, -0.2) is 55.2 Å². The molecule has 1 aromatic heterocycles. The Hall–Kier alpha value is -1.12. The molecule has 0 radical (unpaired) electrons. The van der Waals surface area contributed by atoms with Gasteiger partial charge in [-0.1, -0.05) is 52.2 Å². The normalized spacial score (nSPS) is 14.4. The monoisotopic (exact) mass is 519 g/mol. The highest BCUT2D eigenvalue weighted by Crippen LogP contribution is 2.34. The van der Waals surface area contributed by atoms with Crippen LogP contribution in [0.1, 0.15) is 16.8 Å². The van der Waals surface area contributed by atoms with Crippen LogP contribution in [0.3, 0.4) is 0 Å². The Kier molecular flexibility index (Phi) is 8.82. The minimum atomic E-state index is -0.223. The van der Waals surface area contributed by atoms with Gasteiger partial charge in [-0.15, -0.1) is 12.4 Å². The largest absolute Gasteiger partial charge is 0.379 e. The Bertz CT molecular complexity index is 1060. The van der Waals surface area contributed by atoms with E-state index in [9.17, 15) is 4.79 Å². The summed E-state index contributed by atoms with van der Waals surface area (Å²) in [6.07, 6.45) is 0.799. The number of benzene rings is 2. The van der Waals surface area contributed by atoms with Gasteiger partial charge in [-0.2, -0.15) is 0 Å². The lowest BCUT2D eigenvalue weighted by Gasteiger charge is -2.27. The highest BCUT2D eigenvalue weighted by Gasteiger charge is 2.24. The van der Waals surface area contributed by atoms with Crippen molar-refractivity contribution in [3.8, 4) is 0 Å². The zero-order chi connectivity index (χ0) is 21.1. The van der Waals surface area contributed by atoms with Gasteiger partial charge in [0.2, 0.25) is 0 Å². The maximum absolute atomic E-state index is 13.4. The van der Waals surface area contributed by atoms with Crippen molar-refractivity contribution in [1.29, 1.82) is 0 Å². The van der Waals surface area contributed by atoms with E-state index < -0.39 is 0 Å². The van der Waals surface area contributed by atoms with Gasteiger partial charge in [-0.25, -0.2) is 4.98 Å². The van der Waals surface area contributed by atoms with E-state index in [-0.39, 0.29) is 18.3 Å². The lowest BCUT2D eigenvalue weighted by Crippen LogP contribution is -2.39. The van der Waals surface area contributed by atoms with Crippen molar-refractivity contribution >= 4 is 79.8 Å². The molecule has 0 N–H and O–H groups in total. The van der Waals surface area contributed by atoms with Crippen LogP contribution in [0.25, 0.3) is 10.2 Å². The molecule has 0 aliphatic carbocycles. The smallest absolute Gasteiger partial charge is 0.261 e. The molecule has 2 aromatic carbocycles. The molecule has 0 atom stereocenters. The molecule has 166 valence electrons. The highest BCUT2D eigenvalue weighted by atomic mass is 35.5. The molecule has 5 nitrogen and oxygen atoms in total. The predicted octanol–water partition coefficient (Wildman–Crippen LogP) is 6.05. The van der Waals surface area contributed by atoms with Crippen LogP contribution in [-0.2, 0) is 4.74 Å². The average Bonchev–Trinajstić information content (AvgIpc) is 3.18. The summed E-state index contributed by atoms with van der Waals surface area (Å²) >= 11 is 20.2. The fourth-order valence-corrected chi connectivity index (χ4v) is 5.05. The predicted molar refractivity (Wildman–Crippen MR) is 132 cm³/mol. The lowest BCUT2D eigenvalue weighted by atomic mass is 10.2. The molecule has 1 aliphatic rings. The number of para-hydroxylation sites is 1. The molecule has 1 aliphatic heterocycles. The lowest BCUT2D eigenvalue weighted by molar-refractivity contribution is 0.0376. The van der Waals surface area contributed by atoms with Crippen molar-refractivity contribution in [3.05, 3.63) is 57.0 Å². The summed E-state index contributed by atoms with van der Waals surface area (Å²) in [6, 6.07) is 10.5. The van der Waals surface area contributed by atoms with Crippen LogP contribution in [0.2, 0.25) is 15.1 Å². The number of carbonyl (C=O) groups excluding carboxylic acids is 1. The summed E-state index contributed by atoms with van der Waals surface area (Å²) in [6.45, 7) is 4.70. The van der Waals surface area contributed by atoms with Gasteiger partial charge >= 0.3 is 0 Å². The van der Waals surface area contributed by atoms with Crippen molar-refractivity contribution < 1.29 is 9.53 Å². The van der Waals surface area contributed by atoms with Crippen molar-refractivity contribution in [1.82, 2.24) is 9.88 Å². The van der Waals surface area contributed by atoms with Crippen LogP contribution in [0.4, 0.5) is 5.13 Å². The number of fused-ring (bicyclic) bond motifs is 1. The van der Waals surface area contributed by atoms with Gasteiger partial charge in [-0.3, -0.25) is 14.6 Å². The quantitative estimate of drug-likeness (QED) is 0.397. The van der Waals surface area contributed by atoms with E-state index in [4.69, 9.17) is 39.5 Å². The first-order chi connectivity index (χ1) is 14.5. The second kappa shape index (κ2) is 11.1. The number of nitrogens with zero attached hydrogens (tertiary/aromatic N) is 3. The van der Waals surface area contributed by atoms with Crippen molar-refractivity contribution in [2.24, 2.45) is 0 Å². The minimum Gasteiger partial charge on any atom is -0.379 e. The Morgan fingerprint density at radius 1 is 1.13 bits per heavy atom. The number of hydrogen-bond acceptors (Lipinski definition) is 5. The molecule has 3 aromatic rings. The van der Waals surface area contributed by atoms with Gasteiger partial charge in [-0.05, 0) is 36.8 Å². The van der Waals surface area contributed by atoms with E-state index in [1.54, 1.807) is 29.2 Å². The van der Waals surface area contributed by atoms with Crippen molar-refractivity contribution in [2.45, 2.75) is 6.42 Å². The summed E-state index contributed by atoms with van der Waals surface area (Å²) in [4.78, 5) is 22.1. The van der Waals surface area contributed by atoms with E-state index in [0.717, 1.165) is 44.0 Å². The maximum atomic E-state index is 13.4. The van der Waals surface area contributed by atoms with Crippen molar-refractivity contribution in [2.75, 3.05) is 44.3 Å². The van der Waals surface area contributed by atoms with Crippen LogP contribution in [0, 0.1) is 0 Å². The fraction of sp³-hybridized carbons (Fsp3) is 0.333. The van der Waals surface area contributed by atoms with Crippen molar-refractivity contribution in [3.63, 3.8) is 0 Å². The molecule has 1 saturated heterocycles. The number of carbonyl (C=O) groups is 1. The molecule has 10 heteroatoms. The Balaban J connectivity index is 0.00000272. The first kappa shape index (κ1) is 24.5. The second-order valence-corrected chi connectivity index (χ2v) is 9.23. The first-order valence-electron chi connectivity index (χ1n) is 9.65. The van der Waals surface area contributed by atoms with Crippen LogP contribution < -0.4 is 4.90 Å². The third kappa shape index (κ3) is 5.82. The Labute approximate surface area is 206 Å². The average molecular weight is 521 g/mol. The molecular formula is C21H21Cl4N3O2S. The van der Waals surface area contributed by atoms with Gasteiger partial charge in [0.1, 0.15) is 5.52 Å². The number of amides is 1. The third-order valence-electron chi connectivity index (χ3n) is 4.95. The molecule has 2 heterocycles. The molecule has 4 rings (SSSR count). The topological polar surface area (TPSA) is 45.7 Å².